The fourth-order valence-electron chi connectivity index (χ4n) is 1.65. The van der Waals surface area contributed by atoms with Crippen molar-refractivity contribution >= 4 is 22.5 Å². The van der Waals surface area contributed by atoms with E-state index in [1.807, 2.05) is 18.2 Å². The topological polar surface area (TPSA) is 88.2 Å². The van der Waals surface area contributed by atoms with Gasteiger partial charge in [-0.25, -0.2) is 4.98 Å². The maximum absolute atomic E-state index is 11.8. The molecule has 0 saturated heterocycles. The van der Waals surface area contributed by atoms with Crippen molar-refractivity contribution in [2.75, 3.05) is 12.3 Å². The molecule has 0 aliphatic heterocycles. The zero-order valence-corrected chi connectivity index (χ0v) is 10.1. The summed E-state index contributed by atoms with van der Waals surface area (Å²) in [5.41, 5.74) is 7.33. The van der Waals surface area contributed by atoms with E-state index in [-0.39, 0.29) is 18.1 Å². The number of aromatic nitrogens is 1. The maximum Gasteiger partial charge on any atom is 0.270 e. The first-order valence-corrected chi connectivity index (χ1v) is 5.69. The first-order chi connectivity index (χ1) is 8.58. The summed E-state index contributed by atoms with van der Waals surface area (Å²) >= 11 is 0. The van der Waals surface area contributed by atoms with E-state index in [0.717, 1.165) is 5.39 Å². The van der Waals surface area contributed by atoms with Crippen LogP contribution in [-0.2, 0) is 0 Å². The Morgan fingerprint density at radius 3 is 2.94 bits per heavy atom. The van der Waals surface area contributed by atoms with Crippen LogP contribution in [0.4, 0.5) is 5.69 Å². The summed E-state index contributed by atoms with van der Waals surface area (Å²) in [4.78, 5) is 16.0. The Hall–Kier alpha value is -2.14. The molecular formula is C13H15N3O2. The van der Waals surface area contributed by atoms with Gasteiger partial charge in [0.05, 0.1) is 11.6 Å². The van der Waals surface area contributed by atoms with Crippen LogP contribution >= 0.6 is 0 Å². The second-order valence-corrected chi connectivity index (χ2v) is 4.17. The third-order valence-electron chi connectivity index (χ3n) is 2.54. The lowest BCUT2D eigenvalue weighted by atomic mass is 10.1. The average molecular weight is 245 g/mol. The van der Waals surface area contributed by atoms with Gasteiger partial charge in [-0.05, 0) is 19.1 Å². The van der Waals surface area contributed by atoms with Crippen LogP contribution in [0, 0.1) is 0 Å². The molecule has 1 aromatic carbocycles. The van der Waals surface area contributed by atoms with Crippen LogP contribution < -0.4 is 11.1 Å². The number of aliphatic hydroxyl groups excluding tert-OH is 1. The van der Waals surface area contributed by atoms with E-state index in [0.29, 0.717) is 11.2 Å². The number of rotatable bonds is 3. The number of nitrogens with zero attached hydrogens (tertiary/aromatic N) is 1. The minimum Gasteiger partial charge on any atom is -0.398 e. The molecule has 1 atom stereocenters. The molecule has 1 heterocycles. The molecule has 18 heavy (non-hydrogen) atoms. The summed E-state index contributed by atoms with van der Waals surface area (Å²) < 4.78 is 0. The molecule has 0 radical (unpaired) electrons. The molecule has 0 aliphatic carbocycles. The molecule has 0 bridgehead atoms. The molecule has 0 spiro atoms. The van der Waals surface area contributed by atoms with Gasteiger partial charge in [0.1, 0.15) is 5.69 Å². The highest BCUT2D eigenvalue weighted by molar-refractivity contribution is 5.99. The highest BCUT2D eigenvalue weighted by Gasteiger charge is 2.10. The van der Waals surface area contributed by atoms with Crippen LogP contribution in [-0.4, -0.2) is 28.6 Å². The smallest absolute Gasteiger partial charge is 0.270 e. The summed E-state index contributed by atoms with van der Waals surface area (Å²) in [7, 11) is 0. The van der Waals surface area contributed by atoms with Gasteiger partial charge in [0, 0.05) is 17.6 Å². The molecule has 0 aliphatic rings. The number of pyridine rings is 1. The van der Waals surface area contributed by atoms with Gasteiger partial charge in [0.2, 0.25) is 0 Å². The zero-order chi connectivity index (χ0) is 13.1. The Morgan fingerprint density at radius 2 is 2.22 bits per heavy atom. The van der Waals surface area contributed by atoms with Gasteiger partial charge in [-0.2, -0.15) is 0 Å². The monoisotopic (exact) mass is 245 g/mol. The standard InChI is InChI=1S/C13H15N3O2/c1-8(17)7-15-13(18)12-6-10(14)9-4-2-3-5-11(9)16-12/h2-6,8,17H,7H2,1H3,(H2,14,16)(H,15,18)/t8-/m0/s1. The lowest BCUT2D eigenvalue weighted by Crippen LogP contribution is -2.31. The first kappa shape index (κ1) is 12.3. The van der Waals surface area contributed by atoms with Crippen molar-refractivity contribution < 1.29 is 9.90 Å². The van der Waals surface area contributed by atoms with Crippen molar-refractivity contribution in [1.82, 2.24) is 10.3 Å². The second kappa shape index (κ2) is 5.01. The normalized spacial score (nSPS) is 12.3. The van der Waals surface area contributed by atoms with Crippen molar-refractivity contribution in [2.24, 2.45) is 0 Å². The molecule has 4 N–H and O–H groups in total. The van der Waals surface area contributed by atoms with Crippen LogP contribution in [0.25, 0.3) is 10.9 Å². The number of hydrogen-bond acceptors (Lipinski definition) is 4. The predicted octanol–water partition coefficient (Wildman–Crippen LogP) is 0.928. The molecule has 5 heteroatoms. The Labute approximate surface area is 105 Å². The number of para-hydroxylation sites is 1. The average Bonchev–Trinajstić information content (AvgIpc) is 2.36. The van der Waals surface area contributed by atoms with Crippen LogP contribution in [0.5, 0.6) is 0 Å². The van der Waals surface area contributed by atoms with Crippen LogP contribution in [0.15, 0.2) is 30.3 Å². The molecule has 94 valence electrons. The largest absolute Gasteiger partial charge is 0.398 e. The van der Waals surface area contributed by atoms with Crippen molar-refractivity contribution in [3.8, 4) is 0 Å². The summed E-state index contributed by atoms with van der Waals surface area (Å²) in [6.07, 6.45) is -0.591. The van der Waals surface area contributed by atoms with Crippen molar-refractivity contribution in [2.45, 2.75) is 13.0 Å². The Morgan fingerprint density at radius 1 is 1.50 bits per heavy atom. The minimum atomic E-state index is -0.591. The summed E-state index contributed by atoms with van der Waals surface area (Å²) in [5, 5.41) is 12.5. The molecular weight excluding hydrogens is 230 g/mol. The number of carbonyl (C=O) groups excluding carboxylic acids is 1. The molecule has 0 saturated carbocycles. The minimum absolute atomic E-state index is 0.188. The summed E-state index contributed by atoms with van der Waals surface area (Å²) in [5.74, 6) is -0.339. The van der Waals surface area contributed by atoms with Crippen molar-refractivity contribution in [3.05, 3.63) is 36.0 Å². The van der Waals surface area contributed by atoms with Gasteiger partial charge in [-0.1, -0.05) is 18.2 Å². The van der Waals surface area contributed by atoms with Crippen LogP contribution in [0.2, 0.25) is 0 Å². The number of hydrogen-bond donors (Lipinski definition) is 3. The number of anilines is 1. The van der Waals surface area contributed by atoms with Gasteiger partial charge < -0.3 is 16.2 Å². The third kappa shape index (κ3) is 2.57. The number of carbonyl (C=O) groups is 1. The van der Waals surface area contributed by atoms with E-state index in [2.05, 4.69) is 10.3 Å². The van der Waals surface area contributed by atoms with E-state index < -0.39 is 6.10 Å². The molecule has 2 rings (SSSR count). The number of nitrogens with one attached hydrogen (secondary N) is 1. The van der Waals surface area contributed by atoms with E-state index >= 15 is 0 Å². The summed E-state index contributed by atoms with van der Waals surface area (Å²) in [6.45, 7) is 1.79. The zero-order valence-electron chi connectivity index (χ0n) is 10.1. The molecule has 0 fully saturated rings. The Kier molecular flexibility index (Phi) is 3.43. The summed E-state index contributed by atoms with van der Waals surface area (Å²) in [6, 6.07) is 8.91. The van der Waals surface area contributed by atoms with Gasteiger partial charge in [0.15, 0.2) is 0 Å². The Balaban J connectivity index is 2.31. The molecule has 1 aromatic heterocycles. The van der Waals surface area contributed by atoms with Gasteiger partial charge in [0.25, 0.3) is 5.91 Å². The van der Waals surface area contributed by atoms with E-state index in [9.17, 15) is 4.79 Å². The van der Waals surface area contributed by atoms with Gasteiger partial charge in [-0.15, -0.1) is 0 Å². The molecule has 1 amide bonds. The fourth-order valence-corrected chi connectivity index (χ4v) is 1.65. The quantitative estimate of drug-likeness (QED) is 0.750. The fraction of sp³-hybridized carbons (Fsp3) is 0.231. The third-order valence-corrected chi connectivity index (χ3v) is 2.54. The lowest BCUT2D eigenvalue weighted by molar-refractivity contribution is 0.0919. The SMILES string of the molecule is C[C@H](O)CNC(=O)c1cc(N)c2ccccc2n1. The number of fused-ring (bicyclic) bond motifs is 1. The van der Waals surface area contributed by atoms with Crippen molar-refractivity contribution in [3.63, 3.8) is 0 Å². The predicted molar refractivity (Wildman–Crippen MR) is 70.2 cm³/mol. The number of benzene rings is 1. The number of amides is 1. The van der Waals surface area contributed by atoms with Crippen LogP contribution in [0.3, 0.4) is 0 Å². The molecule has 5 nitrogen and oxygen atoms in total. The van der Waals surface area contributed by atoms with E-state index in [1.54, 1.807) is 19.1 Å². The Bertz CT molecular complexity index is 581. The maximum atomic E-state index is 11.8. The second-order valence-electron chi connectivity index (χ2n) is 4.17. The number of aliphatic hydroxyl groups is 1. The molecule has 2 aromatic rings. The van der Waals surface area contributed by atoms with Gasteiger partial charge >= 0.3 is 0 Å². The lowest BCUT2D eigenvalue weighted by Gasteiger charge is -2.08. The van der Waals surface area contributed by atoms with Crippen LogP contribution in [0.1, 0.15) is 17.4 Å². The van der Waals surface area contributed by atoms with Crippen molar-refractivity contribution in [1.29, 1.82) is 0 Å². The first-order valence-electron chi connectivity index (χ1n) is 5.69. The van der Waals surface area contributed by atoms with Gasteiger partial charge in [-0.3, -0.25) is 4.79 Å². The highest BCUT2D eigenvalue weighted by atomic mass is 16.3. The number of nitrogens with two attached hydrogens (primary N) is 1. The molecule has 0 unspecified atom stereocenters. The van der Waals surface area contributed by atoms with E-state index in [1.165, 1.54) is 0 Å². The number of nitrogen functional groups attached to an aromatic ring is 1. The highest BCUT2D eigenvalue weighted by Crippen LogP contribution is 2.19. The van der Waals surface area contributed by atoms with E-state index in [4.69, 9.17) is 10.8 Å².